The molecule has 0 bridgehead atoms. The standard InChI is InChI=1S/C14H23N3O3/c1-2-5-15-11-13(18)16-6-8-17(9-7-16)14(19)12-4-3-10-20-12/h2,12,15H,1,3-11H2. The lowest BCUT2D eigenvalue weighted by molar-refractivity contribution is -0.145. The molecule has 0 saturated carbocycles. The Balaban J connectivity index is 1.72. The van der Waals surface area contributed by atoms with Crippen molar-refractivity contribution in [2.45, 2.75) is 18.9 Å². The topological polar surface area (TPSA) is 61.9 Å². The summed E-state index contributed by atoms with van der Waals surface area (Å²) in [4.78, 5) is 27.7. The smallest absolute Gasteiger partial charge is 0.251 e. The van der Waals surface area contributed by atoms with Crippen molar-refractivity contribution in [2.24, 2.45) is 0 Å². The van der Waals surface area contributed by atoms with E-state index < -0.39 is 0 Å². The summed E-state index contributed by atoms with van der Waals surface area (Å²) < 4.78 is 5.42. The van der Waals surface area contributed by atoms with Crippen molar-refractivity contribution in [1.82, 2.24) is 15.1 Å². The van der Waals surface area contributed by atoms with Gasteiger partial charge in [-0.3, -0.25) is 9.59 Å². The molecule has 0 aromatic heterocycles. The van der Waals surface area contributed by atoms with Gasteiger partial charge in [0.15, 0.2) is 0 Å². The first-order valence-electron chi connectivity index (χ1n) is 7.22. The average Bonchev–Trinajstić information content (AvgIpc) is 3.01. The van der Waals surface area contributed by atoms with Crippen LogP contribution in [0.15, 0.2) is 12.7 Å². The number of ether oxygens (including phenoxy) is 1. The summed E-state index contributed by atoms with van der Waals surface area (Å²) >= 11 is 0. The summed E-state index contributed by atoms with van der Waals surface area (Å²) in [5, 5.41) is 3.00. The molecule has 20 heavy (non-hydrogen) atoms. The lowest BCUT2D eigenvalue weighted by atomic mass is 10.2. The van der Waals surface area contributed by atoms with E-state index in [2.05, 4.69) is 11.9 Å². The number of carbonyl (C=O) groups excluding carboxylic acids is 2. The predicted molar refractivity (Wildman–Crippen MR) is 75.2 cm³/mol. The van der Waals surface area contributed by atoms with E-state index >= 15 is 0 Å². The SMILES string of the molecule is C=CCNCC(=O)N1CCN(C(=O)C2CCCO2)CC1. The van der Waals surface area contributed by atoms with Gasteiger partial charge in [-0.25, -0.2) is 0 Å². The van der Waals surface area contributed by atoms with Crippen LogP contribution in [0.5, 0.6) is 0 Å². The Morgan fingerprint density at radius 2 is 1.95 bits per heavy atom. The predicted octanol–water partition coefficient (Wildman–Crippen LogP) is -0.388. The van der Waals surface area contributed by atoms with Crippen molar-refractivity contribution in [3.8, 4) is 0 Å². The highest BCUT2D eigenvalue weighted by Crippen LogP contribution is 2.15. The first-order chi connectivity index (χ1) is 9.72. The van der Waals surface area contributed by atoms with E-state index in [1.54, 1.807) is 11.0 Å². The zero-order valence-electron chi connectivity index (χ0n) is 11.8. The van der Waals surface area contributed by atoms with Gasteiger partial charge in [0.05, 0.1) is 6.54 Å². The van der Waals surface area contributed by atoms with Gasteiger partial charge in [-0.1, -0.05) is 6.08 Å². The van der Waals surface area contributed by atoms with Crippen LogP contribution in [0.4, 0.5) is 0 Å². The number of piperazine rings is 1. The lowest BCUT2D eigenvalue weighted by Crippen LogP contribution is -2.54. The van der Waals surface area contributed by atoms with Crippen LogP contribution in [-0.4, -0.2) is 73.6 Å². The van der Waals surface area contributed by atoms with Crippen molar-refractivity contribution in [1.29, 1.82) is 0 Å². The van der Waals surface area contributed by atoms with Crippen LogP contribution in [0.3, 0.4) is 0 Å². The molecule has 112 valence electrons. The number of amides is 2. The minimum absolute atomic E-state index is 0.0797. The normalized spacial score (nSPS) is 22.9. The number of nitrogens with one attached hydrogen (secondary N) is 1. The Morgan fingerprint density at radius 3 is 2.55 bits per heavy atom. The first kappa shape index (κ1) is 15.0. The highest BCUT2D eigenvalue weighted by Gasteiger charge is 2.31. The van der Waals surface area contributed by atoms with Crippen molar-refractivity contribution in [3.05, 3.63) is 12.7 Å². The second-order valence-corrected chi connectivity index (χ2v) is 5.13. The average molecular weight is 281 g/mol. The molecule has 2 saturated heterocycles. The van der Waals surface area contributed by atoms with Gasteiger partial charge in [0.2, 0.25) is 5.91 Å². The number of rotatable bonds is 5. The van der Waals surface area contributed by atoms with Crippen molar-refractivity contribution >= 4 is 11.8 Å². The van der Waals surface area contributed by atoms with Gasteiger partial charge >= 0.3 is 0 Å². The monoisotopic (exact) mass is 281 g/mol. The molecule has 0 aliphatic carbocycles. The van der Waals surface area contributed by atoms with E-state index in [0.29, 0.717) is 45.9 Å². The minimum Gasteiger partial charge on any atom is -0.368 e. The molecule has 0 aromatic rings. The molecular formula is C14H23N3O3. The van der Waals surface area contributed by atoms with Crippen LogP contribution in [0, 0.1) is 0 Å². The number of nitrogens with zero attached hydrogens (tertiary/aromatic N) is 2. The Bertz CT molecular complexity index is 359. The molecule has 2 fully saturated rings. The number of carbonyl (C=O) groups is 2. The summed E-state index contributed by atoms with van der Waals surface area (Å²) in [5.41, 5.74) is 0. The van der Waals surface area contributed by atoms with E-state index in [1.807, 2.05) is 4.90 Å². The summed E-state index contributed by atoms with van der Waals surface area (Å²) in [6, 6.07) is 0. The Labute approximate surface area is 119 Å². The van der Waals surface area contributed by atoms with Crippen LogP contribution in [-0.2, 0) is 14.3 Å². The first-order valence-corrected chi connectivity index (χ1v) is 7.22. The lowest BCUT2D eigenvalue weighted by Gasteiger charge is -2.35. The highest BCUT2D eigenvalue weighted by atomic mass is 16.5. The maximum absolute atomic E-state index is 12.2. The van der Waals surface area contributed by atoms with Gasteiger partial charge < -0.3 is 19.9 Å². The zero-order valence-corrected chi connectivity index (χ0v) is 11.8. The Kier molecular flexibility index (Phi) is 5.55. The molecule has 6 nitrogen and oxygen atoms in total. The van der Waals surface area contributed by atoms with Crippen molar-refractivity contribution in [2.75, 3.05) is 45.9 Å². The van der Waals surface area contributed by atoms with E-state index in [0.717, 1.165) is 12.8 Å². The van der Waals surface area contributed by atoms with E-state index in [9.17, 15) is 9.59 Å². The van der Waals surface area contributed by atoms with Gasteiger partial charge in [0.1, 0.15) is 6.10 Å². The largest absolute Gasteiger partial charge is 0.368 e. The molecule has 2 amide bonds. The van der Waals surface area contributed by atoms with Crippen LogP contribution in [0.2, 0.25) is 0 Å². The van der Waals surface area contributed by atoms with Gasteiger partial charge in [-0.15, -0.1) is 6.58 Å². The fourth-order valence-corrected chi connectivity index (χ4v) is 2.55. The quantitative estimate of drug-likeness (QED) is 0.551. The van der Waals surface area contributed by atoms with Gasteiger partial charge in [0.25, 0.3) is 5.91 Å². The molecule has 0 spiro atoms. The van der Waals surface area contributed by atoms with E-state index in [4.69, 9.17) is 4.74 Å². The molecule has 6 heteroatoms. The molecule has 1 unspecified atom stereocenters. The van der Waals surface area contributed by atoms with Gasteiger partial charge in [-0.2, -0.15) is 0 Å². The fourth-order valence-electron chi connectivity index (χ4n) is 2.55. The molecular weight excluding hydrogens is 258 g/mol. The third-order valence-corrected chi connectivity index (χ3v) is 3.71. The van der Waals surface area contributed by atoms with Crippen molar-refractivity contribution < 1.29 is 14.3 Å². The maximum Gasteiger partial charge on any atom is 0.251 e. The second kappa shape index (κ2) is 7.40. The summed E-state index contributed by atoms with van der Waals surface area (Å²) in [7, 11) is 0. The number of hydrogen-bond donors (Lipinski definition) is 1. The van der Waals surface area contributed by atoms with Crippen LogP contribution >= 0.6 is 0 Å². The van der Waals surface area contributed by atoms with Crippen LogP contribution < -0.4 is 5.32 Å². The molecule has 0 aromatic carbocycles. The Hall–Kier alpha value is -1.40. The Morgan fingerprint density at radius 1 is 1.25 bits per heavy atom. The highest BCUT2D eigenvalue weighted by molar-refractivity contribution is 5.82. The second-order valence-electron chi connectivity index (χ2n) is 5.13. The summed E-state index contributed by atoms with van der Waals surface area (Å²) in [5.74, 6) is 0.162. The molecule has 2 heterocycles. The summed E-state index contributed by atoms with van der Waals surface area (Å²) in [6.07, 6.45) is 3.25. The van der Waals surface area contributed by atoms with Crippen molar-refractivity contribution in [3.63, 3.8) is 0 Å². The molecule has 1 atom stereocenters. The van der Waals surface area contributed by atoms with Crippen LogP contribution in [0.1, 0.15) is 12.8 Å². The van der Waals surface area contributed by atoms with Gasteiger partial charge in [-0.05, 0) is 12.8 Å². The molecule has 2 aliphatic heterocycles. The minimum atomic E-state index is -0.258. The molecule has 2 rings (SSSR count). The van der Waals surface area contributed by atoms with E-state index in [-0.39, 0.29) is 17.9 Å². The summed E-state index contributed by atoms with van der Waals surface area (Å²) in [6.45, 7) is 7.65. The van der Waals surface area contributed by atoms with E-state index in [1.165, 1.54) is 0 Å². The fraction of sp³-hybridized carbons (Fsp3) is 0.714. The van der Waals surface area contributed by atoms with Crippen LogP contribution in [0.25, 0.3) is 0 Å². The third-order valence-electron chi connectivity index (χ3n) is 3.71. The molecule has 0 radical (unpaired) electrons. The molecule has 1 N–H and O–H groups in total. The third kappa shape index (κ3) is 3.80. The zero-order chi connectivity index (χ0) is 14.4. The van der Waals surface area contributed by atoms with Gasteiger partial charge in [0, 0.05) is 39.3 Å². The molecule has 2 aliphatic rings. The maximum atomic E-state index is 12.2. The number of hydrogen-bond acceptors (Lipinski definition) is 4.